The first-order valence-corrected chi connectivity index (χ1v) is 9.67. The molecule has 10 heteroatoms. The van der Waals surface area contributed by atoms with E-state index in [0.717, 1.165) is 5.52 Å². The normalized spacial score (nSPS) is 13.2. The number of amides is 1. The predicted octanol–water partition coefficient (Wildman–Crippen LogP) is 1.88. The highest BCUT2D eigenvalue weighted by atomic mass is 32.2. The van der Waals surface area contributed by atoms with Crippen LogP contribution in [-0.4, -0.2) is 43.6 Å². The van der Waals surface area contributed by atoms with Gasteiger partial charge in [0.25, 0.3) is 11.5 Å². The average molecular weight is 407 g/mol. The highest BCUT2D eigenvalue weighted by molar-refractivity contribution is 7.99. The number of hydrogen-bond donors (Lipinski definition) is 2. The molecular weight excluding hydrogens is 394 g/mol. The molecule has 2 N–H and O–H groups in total. The number of aromatic amines is 1. The van der Waals surface area contributed by atoms with E-state index in [1.54, 1.807) is 28.7 Å². The largest absolute Gasteiger partial charge is 0.482 e. The quantitative estimate of drug-likeness (QED) is 0.392. The summed E-state index contributed by atoms with van der Waals surface area (Å²) in [5, 5.41) is 11.2. The number of benzene rings is 2. The summed E-state index contributed by atoms with van der Waals surface area (Å²) in [5.74, 6) is 0.213. The molecule has 3 heterocycles. The van der Waals surface area contributed by atoms with Gasteiger partial charge in [0.05, 0.1) is 22.5 Å². The van der Waals surface area contributed by atoms with Crippen molar-refractivity contribution < 1.29 is 14.3 Å². The second-order valence-corrected chi connectivity index (χ2v) is 7.32. The molecule has 0 spiro atoms. The number of hydrogen-bond acceptors (Lipinski definition) is 7. The molecule has 1 aliphatic rings. The lowest BCUT2D eigenvalue weighted by molar-refractivity contribution is -0.118. The standard InChI is InChI=1S/C19H13N5O4S/c25-14(10-5-6-15-12(7-10)20-16(26)8-28-15)9-29-19-23-22-17-18(27)21-11-3-1-2-4-13(11)24(17)19/h1-7H,8-9H2,(H,20,26)(H,21,27). The van der Waals surface area contributed by atoms with Crippen molar-refractivity contribution in [3.05, 3.63) is 58.4 Å². The Bertz CT molecular complexity index is 1360. The zero-order chi connectivity index (χ0) is 20.0. The van der Waals surface area contributed by atoms with Crippen LogP contribution in [0.15, 0.2) is 52.4 Å². The fourth-order valence-electron chi connectivity index (χ4n) is 3.15. The zero-order valence-electron chi connectivity index (χ0n) is 14.8. The maximum absolute atomic E-state index is 12.7. The summed E-state index contributed by atoms with van der Waals surface area (Å²) in [5.41, 5.74) is 2.15. The van der Waals surface area contributed by atoms with Crippen molar-refractivity contribution in [1.82, 2.24) is 19.6 Å². The third-order valence-corrected chi connectivity index (χ3v) is 5.43. The molecule has 144 valence electrons. The van der Waals surface area contributed by atoms with Gasteiger partial charge in [-0.2, -0.15) is 0 Å². The van der Waals surface area contributed by atoms with Crippen molar-refractivity contribution in [1.29, 1.82) is 0 Å². The molecule has 0 unspecified atom stereocenters. The number of carbonyl (C=O) groups excluding carboxylic acids is 2. The molecular formula is C19H13N5O4S. The molecule has 4 aromatic rings. The molecule has 0 radical (unpaired) electrons. The Balaban J connectivity index is 1.44. The van der Waals surface area contributed by atoms with E-state index >= 15 is 0 Å². The van der Waals surface area contributed by atoms with Gasteiger partial charge in [0.1, 0.15) is 5.75 Å². The topological polar surface area (TPSA) is 118 Å². The van der Waals surface area contributed by atoms with Crippen LogP contribution in [0.4, 0.5) is 5.69 Å². The minimum absolute atomic E-state index is 0.0385. The van der Waals surface area contributed by atoms with Gasteiger partial charge in [-0.3, -0.25) is 18.8 Å². The molecule has 1 aliphatic heterocycles. The minimum Gasteiger partial charge on any atom is -0.482 e. The van der Waals surface area contributed by atoms with Crippen molar-refractivity contribution in [2.75, 3.05) is 17.7 Å². The molecule has 0 saturated heterocycles. The SMILES string of the molecule is O=C1COc2ccc(C(=O)CSc3nnc4c(=O)[nH]c5ccccc5n34)cc2N1. The number of para-hydroxylation sites is 2. The summed E-state index contributed by atoms with van der Waals surface area (Å²) in [6.45, 7) is -0.0385. The van der Waals surface area contributed by atoms with Gasteiger partial charge in [-0.05, 0) is 30.3 Å². The van der Waals surface area contributed by atoms with Crippen LogP contribution < -0.4 is 15.6 Å². The molecule has 0 fully saturated rings. The van der Waals surface area contributed by atoms with Gasteiger partial charge in [0.15, 0.2) is 17.5 Å². The number of anilines is 1. The molecule has 2 aromatic heterocycles. The van der Waals surface area contributed by atoms with Crippen LogP contribution in [0.1, 0.15) is 10.4 Å². The van der Waals surface area contributed by atoms with E-state index in [9.17, 15) is 14.4 Å². The fraction of sp³-hybridized carbons (Fsp3) is 0.105. The number of nitrogens with one attached hydrogen (secondary N) is 2. The second-order valence-electron chi connectivity index (χ2n) is 6.37. The van der Waals surface area contributed by atoms with E-state index in [4.69, 9.17) is 4.74 Å². The van der Waals surface area contributed by atoms with E-state index in [2.05, 4.69) is 20.5 Å². The summed E-state index contributed by atoms with van der Waals surface area (Å²) in [6.07, 6.45) is 0. The van der Waals surface area contributed by atoms with Gasteiger partial charge in [-0.1, -0.05) is 23.9 Å². The van der Waals surface area contributed by atoms with Gasteiger partial charge in [-0.15, -0.1) is 10.2 Å². The summed E-state index contributed by atoms with van der Waals surface area (Å²) in [6, 6.07) is 12.2. The lowest BCUT2D eigenvalue weighted by atomic mass is 10.1. The van der Waals surface area contributed by atoms with Gasteiger partial charge in [0.2, 0.25) is 5.65 Å². The van der Waals surface area contributed by atoms with E-state index in [1.807, 2.05) is 18.2 Å². The van der Waals surface area contributed by atoms with Crippen LogP contribution in [0, 0.1) is 0 Å². The number of ketones is 1. The molecule has 5 rings (SSSR count). The molecule has 0 aliphatic carbocycles. The van der Waals surface area contributed by atoms with Crippen molar-refractivity contribution in [2.45, 2.75) is 5.16 Å². The molecule has 9 nitrogen and oxygen atoms in total. The van der Waals surface area contributed by atoms with Gasteiger partial charge >= 0.3 is 0 Å². The Kier molecular flexibility index (Phi) is 4.06. The zero-order valence-corrected chi connectivity index (χ0v) is 15.7. The molecule has 29 heavy (non-hydrogen) atoms. The van der Waals surface area contributed by atoms with Crippen molar-refractivity contribution in [2.24, 2.45) is 0 Å². The Morgan fingerprint density at radius 3 is 2.93 bits per heavy atom. The van der Waals surface area contributed by atoms with Crippen LogP contribution in [0.5, 0.6) is 5.75 Å². The fourth-order valence-corrected chi connectivity index (χ4v) is 3.99. The Morgan fingerprint density at radius 2 is 2.03 bits per heavy atom. The number of Topliss-reactive ketones (excluding diaryl/α,β-unsaturated/α-hetero) is 1. The smallest absolute Gasteiger partial charge is 0.294 e. The number of ether oxygens (including phenoxy) is 1. The minimum atomic E-state index is -0.347. The van der Waals surface area contributed by atoms with Gasteiger partial charge in [-0.25, -0.2) is 0 Å². The second kappa shape index (κ2) is 6.74. The predicted molar refractivity (Wildman–Crippen MR) is 107 cm³/mol. The number of rotatable bonds is 4. The van der Waals surface area contributed by atoms with Crippen LogP contribution in [0.2, 0.25) is 0 Å². The van der Waals surface area contributed by atoms with Crippen molar-refractivity contribution in [3.63, 3.8) is 0 Å². The molecule has 1 amide bonds. The van der Waals surface area contributed by atoms with Crippen LogP contribution in [-0.2, 0) is 4.79 Å². The van der Waals surface area contributed by atoms with Crippen LogP contribution in [0.3, 0.4) is 0 Å². The highest BCUT2D eigenvalue weighted by Gasteiger charge is 2.19. The number of carbonyl (C=O) groups is 2. The summed E-state index contributed by atoms with van der Waals surface area (Å²) < 4.78 is 6.95. The summed E-state index contributed by atoms with van der Waals surface area (Å²) >= 11 is 1.19. The number of H-pyrrole nitrogens is 1. The van der Waals surface area contributed by atoms with Crippen LogP contribution >= 0.6 is 11.8 Å². The molecule has 0 atom stereocenters. The average Bonchev–Trinajstić information content (AvgIpc) is 3.16. The van der Waals surface area contributed by atoms with Crippen molar-refractivity contribution in [3.8, 4) is 5.75 Å². The first-order chi connectivity index (χ1) is 14.1. The van der Waals surface area contributed by atoms with E-state index in [0.29, 0.717) is 27.7 Å². The highest BCUT2D eigenvalue weighted by Crippen LogP contribution is 2.29. The van der Waals surface area contributed by atoms with Crippen molar-refractivity contribution >= 4 is 45.8 Å². The van der Waals surface area contributed by atoms with E-state index in [-0.39, 0.29) is 35.3 Å². The summed E-state index contributed by atoms with van der Waals surface area (Å²) in [7, 11) is 0. The monoisotopic (exact) mass is 407 g/mol. The lowest BCUT2D eigenvalue weighted by Gasteiger charge is -2.18. The number of nitrogens with zero attached hydrogens (tertiary/aromatic N) is 3. The Morgan fingerprint density at radius 1 is 1.17 bits per heavy atom. The molecule has 0 bridgehead atoms. The first kappa shape index (κ1) is 17.4. The maximum Gasteiger partial charge on any atom is 0.294 e. The molecule has 2 aromatic carbocycles. The van der Waals surface area contributed by atoms with E-state index in [1.165, 1.54) is 11.8 Å². The number of fused-ring (bicyclic) bond motifs is 4. The number of aromatic nitrogens is 4. The van der Waals surface area contributed by atoms with E-state index < -0.39 is 0 Å². The Hall–Kier alpha value is -3.66. The lowest BCUT2D eigenvalue weighted by Crippen LogP contribution is -2.25. The van der Waals surface area contributed by atoms with Crippen LogP contribution in [0.25, 0.3) is 16.7 Å². The van der Waals surface area contributed by atoms with Gasteiger partial charge in [0, 0.05) is 5.56 Å². The maximum atomic E-state index is 12.7. The third-order valence-electron chi connectivity index (χ3n) is 4.50. The first-order valence-electron chi connectivity index (χ1n) is 8.69. The molecule has 0 saturated carbocycles. The Labute approximate surface area is 167 Å². The third kappa shape index (κ3) is 3.03. The number of thioether (sulfide) groups is 1. The summed E-state index contributed by atoms with van der Waals surface area (Å²) in [4.78, 5) is 39.1. The van der Waals surface area contributed by atoms with Gasteiger partial charge < -0.3 is 15.0 Å².